The van der Waals surface area contributed by atoms with Crippen LogP contribution in [0.3, 0.4) is 0 Å². The Bertz CT molecular complexity index is 561. The third-order valence-electron chi connectivity index (χ3n) is 3.59. The number of aliphatic carboxylic acids is 1. The average molecular weight is 327 g/mol. The Kier molecular flexibility index (Phi) is 5.54. The molecule has 1 aliphatic rings. The van der Waals surface area contributed by atoms with E-state index in [2.05, 4.69) is 9.97 Å². The van der Waals surface area contributed by atoms with Crippen LogP contribution in [0.25, 0.3) is 0 Å². The first-order chi connectivity index (χ1) is 10.5. The summed E-state index contributed by atoms with van der Waals surface area (Å²) in [5, 5.41) is 8.94. The molecule has 8 heteroatoms. The van der Waals surface area contributed by atoms with Gasteiger partial charge < -0.3 is 14.9 Å². The van der Waals surface area contributed by atoms with E-state index in [9.17, 15) is 9.59 Å². The normalized spacial score (nSPS) is 14.2. The number of carbonyl (C=O) groups is 2. The maximum Gasteiger partial charge on any atom is 0.305 e. The van der Waals surface area contributed by atoms with Crippen LogP contribution in [0.1, 0.15) is 36.7 Å². The molecule has 1 fully saturated rings. The first-order valence-electron chi connectivity index (χ1n) is 7.31. The Morgan fingerprint density at radius 3 is 2.68 bits per heavy atom. The summed E-state index contributed by atoms with van der Waals surface area (Å²) in [6.45, 7) is 4.04. The van der Waals surface area contributed by atoms with Crippen LogP contribution in [0, 0.1) is 0 Å². The lowest BCUT2D eigenvalue weighted by molar-refractivity contribution is -0.137. The number of hydrogen-bond acceptors (Lipinski definition) is 5. The lowest BCUT2D eigenvalue weighted by Crippen LogP contribution is -2.34. The summed E-state index contributed by atoms with van der Waals surface area (Å²) in [5.41, 5.74) is 0.130. The molecule has 0 radical (unpaired) electrons. The van der Waals surface area contributed by atoms with Gasteiger partial charge in [-0.25, -0.2) is 9.97 Å². The fourth-order valence-electron chi connectivity index (χ4n) is 2.36. The summed E-state index contributed by atoms with van der Waals surface area (Å²) < 4.78 is 0. The molecule has 0 spiro atoms. The van der Waals surface area contributed by atoms with E-state index in [-0.39, 0.29) is 29.6 Å². The van der Waals surface area contributed by atoms with Gasteiger partial charge in [0.15, 0.2) is 5.69 Å². The molecule has 0 aliphatic carbocycles. The molecule has 1 aliphatic heterocycles. The molecule has 1 aromatic rings. The summed E-state index contributed by atoms with van der Waals surface area (Å²) in [5.74, 6) is -0.811. The number of anilines is 1. The Labute approximate surface area is 133 Å². The second-order valence-electron chi connectivity index (χ2n) is 5.09. The van der Waals surface area contributed by atoms with Gasteiger partial charge in [-0.2, -0.15) is 0 Å². The van der Waals surface area contributed by atoms with Crippen molar-refractivity contribution >= 4 is 29.4 Å². The number of halogens is 1. The van der Waals surface area contributed by atoms with E-state index in [1.165, 1.54) is 11.1 Å². The van der Waals surface area contributed by atoms with Gasteiger partial charge in [-0.05, 0) is 19.8 Å². The molecule has 2 heterocycles. The molecule has 1 N–H and O–H groups in total. The van der Waals surface area contributed by atoms with Gasteiger partial charge in [0.1, 0.15) is 0 Å². The largest absolute Gasteiger partial charge is 0.481 e. The van der Waals surface area contributed by atoms with Crippen molar-refractivity contribution in [2.45, 2.75) is 26.2 Å². The van der Waals surface area contributed by atoms with Gasteiger partial charge in [0, 0.05) is 26.2 Å². The second kappa shape index (κ2) is 7.40. The Balaban J connectivity index is 2.19. The van der Waals surface area contributed by atoms with E-state index < -0.39 is 5.97 Å². The number of hydrogen-bond donors (Lipinski definition) is 1. The van der Waals surface area contributed by atoms with Crippen molar-refractivity contribution in [2.75, 3.05) is 31.1 Å². The van der Waals surface area contributed by atoms with Gasteiger partial charge >= 0.3 is 5.97 Å². The highest BCUT2D eigenvalue weighted by Gasteiger charge is 2.23. The Morgan fingerprint density at radius 2 is 2.09 bits per heavy atom. The number of aromatic nitrogens is 2. The first kappa shape index (κ1) is 16.5. The average Bonchev–Trinajstić information content (AvgIpc) is 3.02. The summed E-state index contributed by atoms with van der Waals surface area (Å²) in [7, 11) is 0. The van der Waals surface area contributed by atoms with Gasteiger partial charge in [-0.15, -0.1) is 0 Å². The zero-order chi connectivity index (χ0) is 16.1. The van der Waals surface area contributed by atoms with Crippen molar-refractivity contribution in [1.82, 2.24) is 14.9 Å². The summed E-state index contributed by atoms with van der Waals surface area (Å²) >= 11 is 6.05. The summed E-state index contributed by atoms with van der Waals surface area (Å²) in [4.78, 5) is 35.1. The number of carboxylic acids is 1. The molecule has 1 amide bonds. The van der Waals surface area contributed by atoms with Crippen LogP contribution < -0.4 is 4.90 Å². The molecule has 7 nitrogen and oxygen atoms in total. The molecular weight excluding hydrogens is 308 g/mol. The molecule has 0 atom stereocenters. The van der Waals surface area contributed by atoms with Gasteiger partial charge in [-0.3, -0.25) is 9.59 Å². The Morgan fingerprint density at radius 1 is 1.41 bits per heavy atom. The van der Waals surface area contributed by atoms with Crippen LogP contribution in [0.2, 0.25) is 5.02 Å². The third-order valence-corrected chi connectivity index (χ3v) is 3.86. The molecular formula is C14H19ClN4O3. The predicted octanol–water partition coefficient (Wildman–Crippen LogP) is 1.67. The van der Waals surface area contributed by atoms with Gasteiger partial charge in [0.05, 0.1) is 17.6 Å². The van der Waals surface area contributed by atoms with Gasteiger partial charge in [-0.1, -0.05) is 11.6 Å². The quantitative estimate of drug-likeness (QED) is 0.855. The van der Waals surface area contributed by atoms with Crippen molar-refractivity contribution in [2.24, 2.45) is 0 Å². The first-order valence-corrected chi connectivity index (χ1v) is 7.69. The number of amides is 1. The van der Waals surface area contributed by atoms with E-state index in [0.29, 0.717) is 12.5 Å². The highest BCUT2D eigenvalue weighted by molar-refractivity contribution is 6.33. The number of carboxylic acid groups (broad SMARTS) is 1. The van der Waals surface area contributed by atoms with Gasteiger partial charge in [0.25, 0.3) is 5.91 Å². The summed E-state index contributed by atoms with van der Waals surface area (Å²) in [6.07, 6.45) is 3.48. The van der Waals surface area contributed by atoms with Crippen molar-refractivity contribution < 1.29 is 14.7 Å². The molecule has 0 bridgehead atoms. The summed E-state index contributed by atoms with van der Waals surface area (Å²) in [6, 6.07) is 0. The van der Waals surface area contributed by atoms with E-state index in [1.54, 1.807) is 6.92 Å². The third kappa shape index (κ3) is 3.85. The zero-order valence-electron chi connectivity index (χ0n) is 12.5. The molecule has 22 heavy (non-hydrogen) atoms. The van der Waals surface area contributed by atoms with Crippen molar-refractivity contribution in [3.05, 3.63) is 16.9 Å². The monoisotopic (exact) mass is 326 g/mol. The Hall–Kier alpha value is -1.89. The fraction of sp³-hybridized carbons (Fsp3) is 0.571. The van der Waals surface area contributed by atoms with Crippen molar-refractivity contribution in [3.63, 3.8) is 0 Å². The van der Waals surface area contributed by atoms with Crippen LogP contribution in [0.15, 0.2) is 6.20 Å². The van der Waals surface area contributed by atoms with Crippen LogP contribution >= 0.6 is 11.6 Å². The molecule has 120 valence electrons. The van der Waals surface area contributed by atoms with Crippen molar-refractivity contribution in [1.29, 1.82) is 0 Å². The van der Waals surface area contributed by atoms with Gasteiger partial charge in [0.2, 0.25) is 5.95 Å². The predicted molar refractivity (Wildman–Crippen MR) is 82.3 cm³/mol. The minimum atomic E-state index is -0.946. The fourth-order valence-corrected chi connectivity index (χ4v) is 2.53. The lowest BCUT2D eigenvalue weighted by atomic mass is 10.3. The maximum atomic E-state index is 12.5. The van der Waals surface area contributed by atoms with Crippen LogP contribution in [-0.4, -0.2) is 58.0 Å². The second-order valence-corrected chi connectivity index (χ2v) is 5.50. The highest BCUT2D eigenvalue weighted by Crippen LogP contribution is 2.21. The molecule has 0 unspecified atom stereocenters. The van der Waals surface area contributed by atoms with E-state index >= 15 is 0 Å². The number of carbonyl (C=O) groups excluding carboxylic acids is 1. The number of nitrogens with zero attached hydrogens (tertiary/aromatic N) is 4. The molecule has 1 saturated heterocycles. The number of rotatable bonds is 6. The highest BCUT2D eigenvalue weighted by atomic mass is 35.5. The topological polar surface area (TPSA) is 86.6 Å². The molecule has 0 saturated carbocycles. The van der Waals surface area contributed by atoms with E-state index in [0.717, 1.165) is 25.9 Å². The van der Waals surface area contributed by atoms with Crippen molar-refractivity contribution in [3.8, 4) is 0 Å². The van der Waals surface area contributed by atoms with Crippen LogP contribution in [0.5, 0.6) is 0 Å². The standard InChI is InChI=1S/C14H19ClN4O3/c1-2-18(8-5-11(20)21)13(22)12-10(15)9-16-14(17-12)19-6-3-4-7-19/h9H,2-8H2,1H3,(H,20,21). The van der Waals surface area contributed by atoms with E-state index in [1.807, 2.05) is 4.90 Å². The van der Waals surface area contributed by atoms with Crippen LogP contribution in [-0.2, 0) is 4.79 Å². The molecule has 0 aromatic carbocycles. The van der Waals surface area contributed by atoms with E-state index in [4.69, 9.17) is 16.7 Å². The van der Waals surface area contributed by atoms with Crippen LogP contribution in [0.4, 0.5) is 5.95 Å². The zero-order valence-corrected chi connectivity index (χ0v) is 13.2. The minimum Gasteiger partial charge on any atom is -0.481 e. The molecule has 2 rings (SSSR count). The maximum absolute atomic E-state index is 12.5. The lowest BCUT2D eigenvalue weighted by Gasteiger charge is -2.21. The minimum absolute atomic E-state index is 0.110. The SMILES string of the molecule is CCN(CCC(=O)O)C(=O)c1nc(N2CCCC2)ncc1Cl. The smallest absolute Gasteiger partial charge is 0.305 e. The molecule has 1 aromatic heterocycles.